The average Bonchev–Trinajstić information content (AvgIpc) is 3.17. The minimum Gasteiger partial charge on any atom is -0.329 e. The van der Waals surface area contributed by atoms with E-state index in [4.69, 9.17) is 0 Å². The monoisotopic (exact) mass is 407 g/mol. The van der Waals surface area contributed by atoms with Gasteiger partial charge in [0.05, 0.1) is 0 Å². The summed E-state index contributed by atoms with van der Waals surface area (Å²) >= 11 is 0. The Labute approximate surface area is 177 Å². The maximum Gasteiger partial charge on any atom is 0.254 e. The number of fused-ring (bicyclic) bond motifs is 1. The highest BCUT2D eigenvalue weighted by Gasteiger charge is 2.26. The van der Waals surface area contributed by atoms with E-state index >= 15 is 0 Å². The maximum atomic E-state index is 13.1. The van der Waals surface area contributed by atoms with E-state index in [9.17, 15) is 14.4 Å². The van der Waals surface area contributed by atoms with Crippen molar-refractivity contribution in [1.29, 1.82) is 0 Å². The maximum absolute atomic E-state index is 13.1. The quantitative estimate of drug-likeness (QED) is 0.759. The number of hydrogen-bond acceptors (Lipinski definition) is 3. The van der Waals surface area contributed by atoms with Crippen molar-refractivity contribution < 1.29 is 14.4 Å². The van der Waals surface area contributed by atoms with Crippen LogP contribution in [0.25, 0.3) is 0 Å². The fraction of sp³-hybridized carbons (Fsp3) is 0.375. The van der Waals surface area contributed by atoms with Gasteiger partial charge in [-0.3, -0.25) is 14.4 Å². The summed E-state index contributed by atoms with van der Waals surface area (Å²) in [5, 5.41) is 2.89. The fourth-order valence-corrected chi connectivity index (χ4v) is 3.77. The number of amides is 3. The predicted octanol–water partition coefficient (Wildman–Crippen LogP) is 3.79. The molecule has 6 heteroatoms. The van der Waals surface area contributed by atoms with Crippen LogP contribution in [0.2, 0.25) is 0 Å². The summed E-state index contributed by atoms with van der Waals surface area (Å²) in [6.07, 6.45) is 1.96. The lowest BCUT2D eigenvalue weighted by atomic mass is 10.1. The van der Waals surface area contributed by atoms with Crippen LogP contribution in [0.3, 0.4) is 0 Å². The van der Waals surface area contributed by atoms with Crippen LogP contribution in [0.5, 0.6) is 0 Å². The van der Waals surface area contributed by atoms with Crippen LogP contribution >= 0.6 is 0 Å². The molecule has 3 amide bonds. The third-order valence-electron chi connectivity index (χ3n) is 5.36. The van der Waals surface area contributed by atoms with E-state index in [2.05, 4.69) is 5.32 Å². The number of nitrogens with one attached hydrogen (secondary N) is 1. The van der Waals surface area contributed by atoms with Crippen LogP contribution in [0.15, 0.2) is 42.5 Å². The van der Waals surface area contributed by atoms with Crippen molar-refractivity contribution in [2.45, 2.75) is 40.0 Å². The zero-order chi connectivity index (χ0) is 21.7. The lowest BCUT2D eigenvalue weighted by Crippen LogP contribution is -2.38. The standard InChI is InChI=1S/C24H29N3O3/c1-4-13-26(16-22(28)25-20-9-7-6-8-17(20)3)24(30)19-10-11-21-18(15-19)12-14-27(21)23(29)5-2/h6-11,15H,4-5,12-14,16H2,1-3H3,(H,25,28). The molecule has 158 valence electrons. The molecule has 1 aliphatic heterocycles. The molecular formula is C24H29N3O3. The van der Waals surface area contributed by atoms with Crippen LogP contribution in [0.4, 0.5) is 11.4 Å². The highest BCUT2D eigenvalue weighted by atomic mass is 16.2. The minimum atomic E-state index is -0.216. The molecule has 0 atom stereocenters. The molecule has 1 heterocycles. The minimum absolute atomic E-state index is 0.00145. The molecule has 3 rings (SSSR count). The lowest BCUT2D eigenvalue weighted by molar-refractivity contribution is -0.118. The van der Waals surface area contributed by atoms with Crippen LogP contribution in [0.1, 0.15) is 48.2 Å². The van der Waals surface area contributed by atoms with Crippen LogP contribution in [-0.2, 0) is 16.0 Å². The van der Waals surface area contributed by atoms with E-state index in [1.807, 2.05) is 57.2 Å². The largest absolute Gasteiger partial charge is 0.329 e. The molecule has 0 spiro atoms. The average molecular weight is 408 g/mol. The van der Waals surface area contributed by atoms with Gasteiger partial charge in [0, 0.05) is 36.4 Å². The van der Waals surface area contributed by atoms with Gasteiger partial charge in [-0.2, -0.15) is 0 Å². The molecule has 2 aromatic rings. The molecule has 0 bridgehead atoms. The summed E-state index contributed by atoms with van der Waals surface area (Å²) in [5.41, 5.74) is 4.17. The number of anilines is 2. The molecule has 6 nitrogen and oxygen atoms in total. The van der Waals surface area contributed by atoms with E-state index in [0.29, 0.717) is 25.1 Å². The van der Waals surface area contributed by atoms with Gasteiger partial charge in [0.1, 0.15) is 6.54 Å². The molecule has 0 saturated heterocycles. The lowest BCUT2D eigenvalue weighted by Gasteiger charge is -2.22. The van der Waals surface area contributed by atoms with Crippen LogP contribution < -0.4 is 10.2 Å². The Morgan fingerprint density at radius 2 is 1.87 bits per heavy atom. The first-order valence-electron chi connectivity index (χ1n) is 10.5. The zero-order valence-electron chi connectivity index (χ0n) is 17.9. The van der Waals surface area contributed by atoms with E-state index < -0.39 is 0 Å². The van der Waals surface area contributed by atoms with Gasteiger partial charge in [-0.15, -0.1) is 0 Å². The molecule has 0 aliphatic carbocycles. The van der Waals surface area contributed by atoms with E-state index in [0.717, 1.165) is 35.3 Å². The molecule has 2 aromatic carbocycles. The van der Waals surface area contributed by atoms with Gasteiger partial charge in [0.2, 0.25) is 11.8 Å². The SMILES string of the molecule is CCCN(CC(=O)Nc1ccccc1C)C(=O)c1ccc2c(c1)CCN2C(=O)CC. The van der Waals surface area contributed by atoms with E-state index in [-0.39, 0.29) is 24.3 Å². The second-order valence-corrected chi connectivity index (χ2v) is 7.58. The van der Waals surface area contributed by atoms with Crippen molar-refractivity contribution in [2.24, 2.45) is 0 Å². The van der Waals surface area contributed by atoms with Crippen molar-refractivity contribution in [3.63, 3.8) is 0 Å². The third kappa shape index (κ3) is 4.70. The number of benzene rings is 2. The van der Waals surface area contributed by atoms with Crippen molar-refractivity contribution in [3.05, 3.63) is 59.2 Å². The Hall–Kier alpha value is -3.15. The molecule has 0 radical (unpaired) electrons. The summed E-state index contributed by atoms with van der Waals surface area (Å²) in [4.78, 5) is 41.2. The van der Waals surface area contributed by atoms with Gasteiger partial charge in [-0.25, -0.2) is 0 Å². The second kappa shape index (κ2) is 9.57. The molecule has 1 N–H and O–H groups in total. The van der Waals surface area contributed by atoms with E-state index in [1.54, 1.807) is 15.9 Å². The Morgan fingerprint density at radius 1 is 1.10 bits per heavy atom. The van der Waals surface area contributed by atoms with Crippen molar-refractivity contribution in [2.75, 3.05) is 29.9 Å². The number of carbonyl (C=O) groups is 3. The molecule has 0 aromatic heterocycles. The fourth-order valence-electron chi connectivity index (χ4n) is 3.77. The van der Waals surface area contributed by atoms with Crippen LogP contribution in [-0.4, -0.2) is 42.3 Å². The van der Waals surface area contributed by atoms with Gasteiger partial charge in [-0.05, 0) is 55.2 Å². The highest BCUT2D eigenvalue weighted by Crippen LogP contribution is 2.29. The summed E-state index contributed by atoms with van der Waals surface area (Å²) in [6.45, 7) is 6.91. The molecular weight excluding hydrogens is 378 g/mol. The number of para-hydroxylation sites is 1. The van der Waals surface area contributed by atoms with Gasteiger partial charge < -0.3 is 15.1 Å². The Bertz CT molecular complexity index is 954. The van der Waals surface area contributed by atoms with Gasteiger partial charge in [0.25, 0.3) is 5.91 Å². The molecule has 0 unspecified atom stereocenters. The first kappa shape index (κ1) is 21.6. The third-order valence-corrected chi connectivity index (χ3v) is 5.36. The molecule has 0 saturated carbocycles. The smallest absolute Gasteiger partial charge is 0.254 e. The molecule has 1 aliphatic rings. The number of aryl methyl sites for hydroxylation is 1. The normalized spacial score (nSPS) is 12.4. The molecule has 30 heavy (non-hydrogen) atoms. The van der Waals surface area contributed by atoms with Gasteiger partial charge in [-0.1, -0.05) is 32.0 Å². The number of carbonyl (C=O) groups excluding carboxylic acids is 3. The Morgan fingerprint density at radius 3 is 2.57 bits per heavy atom. The first-order chi connectivity index (χ1) is 14.4. The zero-order valence-corrected chi connectivity index (χ0v) is 17.9. The number of hydrogen-bond donors (Lipinski definition) is 1. The van der Waals surface area contributed by atoms with Crippen LogP contribution in [0, 0.1) is 6.92 Å². The predicted molar refractivity (Wildman–Crippen MR) is 119 cm³/mol. The van der Waals surface area contributed by atoms with Crippen molar-refractivity contribution in [3.8, 4) is 0 Å². The first-order valence-corrected chi connectivity index (χ1v) is 10.5. The summed E-state index contributed by atoms with van der Waals surface area (Å²) < 4.78 is 0. The Balaban J connectivity index is 1.73. The second-order valence-electron chi connectivity index (χ2n) is 7.58. The number of nitrogens with zero attached hydrogens (tertiary/aromatic N) is 2. The number of rotatable bonds is 7. The summed E-state index contributed by atoms with van der Waals surface area (Å²) in [5.74, 6) is -0.292. The van der Waals surface area contributed by atoms with Crippen molar-refractivity contribution in [1.82, 2.24) is 4.90 Å². The van der Waals surface area contributed by atoms with Crippen molar-refractivity contribution >= 4 is 29.1 Å². The summed E-state index contributed by atoms with van der Waals surface area (Å²) in [7, 11) is 0. The topological polar surface area (TPSA) is 69.7 Å². The van der Waals surface area contributed by atoms with Gasteiger partial charge >= 0.3 is 0 Å². The highest BCUT2D eigenvalue weighted by molar-refractivity contribution is 6.01. The Kier molecular flexibility index (Phi) is 6.87. The molecule has 0 fully saturated rings. The summed E-state index contributed by atoms with van der Waals surface area (Å²) in [6, 6.07) is 13.0. The van der Waals surface area contributed by atoms with E-state index in [1.165, 1.54) is 0 Å². The van der Waals surface area contributed by atoms with Gasteiger partial charge in [0.15, 0.2) is 0 Å².